The van der Waals surface area contributed by atoms with Gasteiger partial charge in [0, 0.05) is 31.7 Å². The van der Waals surface area contributed by atoms with E-state index < -0.39 is 0 Å². The van der Waals surface area contributed by atoms with E-state index in [2.05, 4.69) is 34.4 Å². The Kier molecular flexibility index (Phi) is 4.60. The molecule has 1 aliphatic heterocycles. The van der Waals surface area contributed by atoms with Crippen molar-refractivity contribution in [2.45, 2.75) is 32.4 Å². The van der Waals surface area contributed by atoms with Crippen molar-refractivity contribution in [3.05, 3.63) is 22.4 Å². The predicted octanol–water partition coefficient (Wildman–Crippen LogP) is 2.20. The van der Waals surface area contributed by atoms with Gasteiger partial charge >= 0.3 is 6.03 Å². The lowest BCUT2D eigenvalue weighted by molar-refractivity contribution is 0.208. The Morgan fingerprint density at radius 3 is 3.17 bits per heavy atom. The summed E-state index contributed by atoms with van der Waals surface area (Å²) in [5.41, 5.74) is 1.33. The van der Waals surface area contributed by atoms with Crippen molar-refractivity contribution in [1.29, 1.82) is 0 Å². The van der Waals surface area contributed by atoms with Gasteiger partial charge in [-0.3, -0.25) is 0 Å². The molecule has 0 spiro atoms. The normalized spacial score (nSPS) is 21.0. The highest BCUT2D eigenvalue weighted by Crippen LogP contribution is 2.18. The van der Waals surface area contributed by atoms with Crippen LogP contribution in [0.2, 0.25) is 0 Å². The number of nitrogens with zero attached hydrogens (tertiary/aromatic N) is 1. The summed E-state index contributed by atoms with van der Waals surface area (Å²) in [6, 6.07) is 2.97. The molecule has 2 N–H and O–H groups in total. The summed E-state index contributed by atoms with van der Waals surface area (Å²) in [5, 5.41) is 10.7. The van der Waals surface area contributed by atoms with Crippen LogP contribution in [0.25, 0.3) is 0 Å². The van der Waals surface area contributed by atoms with Gasteiger partial charge in [-0.2, -0.15) is 11.3 Å². The quantitative estimate of drug-likeness (QED) is 0.878. The highest BCUT2D eigenvalue weighted by molar-refractivity contribution is 7.07. The fourth-order valence-corrected chi connectivity index (χ4v) is 3.07. The minimum Gasteiger partial charge on any atom is -0.338 e. The van der Waals surface area contributed by atoms with E-state index in [1.54, 1.807) is 11.3 Å². The second-order valence-corrected chi connectivity index (χ2v) is 5.49. The molecule has 1 aromatic rings. The van der Waals surface area contributed by atoms with Crippen molar-refractivity contribution >= 4 is 17.4 Å². The molecule has 0 saturated carbocycles. The number of likely N-dealkylation sites (tertiary alicyclic amines) is 1. The van der Waals surface area contributed by atoms with Crippen molar-refractivity contribution < 1.29 is 4.79 Å². The molecule has 5 heteroatoms. The van der Waals surface area contributed by atoms with E-state index >= 15 is 0 Å². The number of amides is 2. The van der Waals surface area contributed by atoms with Crippen molar-refractivity contribution in [2.75, 3.05) is 19.6 Å². The Balaban J connectivity index is 1.81. The molecule has 4 nitrogen and oxygen atoms in total. The molecule has 1 aromatic heterocycles. The third-order valence-corrected chi connectivity index (χ3v) is 4.03. The van der Waals surface area contributed by atoms with Crippen LogP contribution in [0.1, 0.15) is 31.9 Å². The average Bonchev–Trinajstić information content (AvgIpc) is 2.99. The zero-order valence-electron chi connectivity index (χ0n) is 11.0. The molecule has 0 radical (unpaired) electrons. The molecule has 100 valence electrons. The summed E-state index contributed by atoms with van der Waals surface area (Å²) in [7, 11) is 0. The highest BCUT2D eigenvalue weighted by Gasteiger charge is 2.26. The lowest BCUT2D eigenvalue weighted by atomic mass is 10.1. The van der Waals surface area contributed by atoms with Gasteiger partial charge in [-0.05, 0) is 42.7 Å². The second kappa shape index (κ2) is 6.20. The average molecular weight is 267 g/mol. The number of carbonyl (C=O) groups is 1. The number of carbonyl (C=O) groups excluding carboxylic acids is 1. The summed E-state index contributed by atoms with van der Waals surface area (Å²) in [6.45, 7) is 6.47. The third kappa shape index (κ3) is 3.23. The Morgan fingerprint density at radius 1 is 1.67 bits per heavy atom. The first-order valence-corrected chi connectivity index (χ1v) is 7.46. The molecule has 18 heavy (non-hydrogen) atoms. The van der Waals surface area contributed by atoms with E-state index in [9.17, 15) is 4.79 Å². The SMILES string of the molecule is CCNC(=O)N1CC[C@H](N[C@H](C)c2ccsc2)C1. The number of hydrogen-bond donors (Lipinski definition) is 2. The number of thiophene rings is 1. The van der Waals surface area contributed by atoms with E-state index in [0.29, 0.717) is 18.6 Å². The van der Waals surface area contributed by atoms with Gasteiger partial charge < -0.3 is 15.5 Å². The zero-order chi connectivity index (χ0) is 13.0. The standard InChI is InChI=1S/C13H21N3OS/c1-3-14-13(17)16-6-4-12(8-16)15-10(2)11-5-7-18-9-11/h5,7,9-10,12,15H,3-4,6,8H2,1-2H3,(H,14,17)/t10-,12+/m1/s1. The Hall–Kier alpha value is -1.07. The van der Waals surface area contributed by atoms with Gasteiger partial charge in [0.1, 0.15) is 0 Å². The number of nitrogens with one attached hydrogen (secondary N) is 2. The van der Waals surface area contributed by atoms with Gasteiger partial charge in [0.05, 0.1) is 0 Å². The minimum absolute atomic E-state index is 0.0602. The second-order valence-electron chi connectivity index (χ2n) is 4.71. The van der Waals surface area contributed by atoms with Crippen molar-refractivity contribution in [3.63, 3.8) is 0 Å². The van der Waals surface area contributed by atoms with Gasteiger partial charge in [0.15, 0.2) is 0 Å². The number of hydrogen-bond acceptors (Lipinski definition) is 3. The lowest BCUT2D eigenvalue weighted by Crippen LogP contribution is -2.41. The van der Waals surface area contributed by atoms with Gasteiger partial charge in [-0.25, -0.2) is 4.79 Å². The summed E-state index contributed by atoms with van der Waals surface area (Å²) in [4.78, 5) is 13.6. The molecule has 0 bridgehead atoms. The van der Waals surface area contributed by atoms with Crippen LogP contribution in [-0.2, 0) is 0 Å². The Bertz CT molecular complexity index is 380. The monoisotopic (exact) mass is 267 g/mol. The van der Waals surface area contributed by atoms with Gasteiger partial charge in [0.25, 0.3) is 0 Å². The molecule has 2 amide bonds. The first-order chi connectivity index (χ1) is 8.70. The van der Waals surface area contributed by atoms with E-state index in [4.69, 9.17) is 0 Å². The van der Waals surface area contributed by atoms with Crippen LogP contribution in [0.4, 0.5) is 4.79 Å². The fourth-order valence-electron chi connectivity index (χ4n) is 2.31. The topological polar surface area (TPSA) is 44.4 Å². The van der Waals surface area contributed by atoms with E-state index in [-0.39, 0.29) is 6.03 Å². The minimum atomic E-state index is 0.0602. The first kappa shape index (κ1) is 13.4. The van der Waals surface area contributed by atoms with Crippen LogP contribution in [0, 0.1) is 0 Å². The van der Waals surface area contributed by atoms with Crippen LogP contribution in [-0.4, -0.2) is 36.6 Å². The predicted molar refractivity (Wildman–Crippen MR) is 74.9 cm³/mol. The summed E-state index contributed by atoms with van der Waals surface area (Å²) in [6.07, 6.45) is 1.03. The maximum Gasteiger partial charge on any atom is 0.317 e. The Morgan fingerprint density at radius 2 is 2.50 bits per heavy atom. The number of urea groups is 1. The molecule has 1 aliphatic rings. The Labute approximate surface area is 112 Å². The van der Waals surface area contributed by atoms with E-state index in [1.807, 2.05) is 11.8 Å². The summed E-state index contributed by atoms with van der Waals surface area (Å²) >= 11 is 1.72. The molecular formula is C13H21N3OS. The number of rotatable bonds is 4. The lowest BCUT2D eigenvalue weighted by Gasteiger charge is -2.20. The smallest absolute Gasteiger partial charge is 0.317 e. The molecule has 2 heterocycles. The first-order valence-electron chi connectivity index (χ1n) is 6.51. The summed E-state index contributed by atoms with van der Waals surface area (Å²) in [5.74, 6) is 0. The largest absolute Gasteiger partial charge is 0.338 e. The molecular weight excluding hydrogens is 246 g/mol. The van der Waals surface area contributed by atoms with Crippen LogP contribution >= 0.6 is 11.3 Å². The maximum absolute atomic E-state index is 11.7. The maximum atomic E-state index is 11.7. The highest BCUT2D eigenvalue weighted by atomic mass is 32.1. The van der Waals surface area contributed by atoms with Crippen molar-refractivity contribution in [1.82, 2.24) is 15.5 Å². The van der Waals surface area contributed by atoms with Crippen LogP contribution in [0.3, 0.4) is 0 Å². The molecule has 1 fully saturated rings. The molecule has 0 aromatic carbocycles. The van der Waals surface area contributed by atoms with E-state index in [0.717, 1.165) is 19.5 Å². The molecule has 0 aliphatic carbocycles. The van der Waals surface area contributed by atoms with Gasteiger partial charge in [0.2, 0.25) is 0 Å². The fraction of sp³-hybridized carbons (Fsp3) is 0.615. The van der Waals surface area contributed by atoms with Crippen LogP contribution < -0.4 is 10.6 Å². The van der Waals surface area contributed by atoms with Crippen LogP contribution in [0.15, 0.2) is 16.8 Å². The molecule has 1 saturated heterocycles. The zero-order valence-corrected chi connectivity index (χ0v) is 11.8. The van der Waals surface area contributed by atoms with Gasteiger partial charge in [-0.15, -0.1) is 0 Å². The van der Waals surface area contributed by atoms with Crippen molar-refractivity contribution in [2.24, 2.45) is 0 Å². The molecule has 2 atom stereocenters. The third-order valence-electron chi connectivity index (χ3n) is 3.33. The van der Waals surface area contributed by atoms with Crippen LogP contribution in [0.5, 0.6) is 0 Å². The molecule has 2 rings (SSSR count). The van der Waals surface area contributed by atoms with Crippen molar-refractivity contribution in [3.8, 4) is 0 Å². The summed E-state index contributed by atoms with van der Waals surface area (Å²) < 4.78 is 0. The van der Waals surface area contributed by atoms with E-state index in [1.165, 1.54) is 5.56 Å². The van der Waals surface area contributed by atoms with Gasteiger partial charge in [-0.1, -0.05) is 0 Å². The molecule has 0 unspecified atom stereocenters.